The Morgan fingerprint density at radius 3 is 1.98 bits per heavy atom. The zero-order valence-electron chi connectivity index (χ0n) is 28.3. The molecule has 0 radical (unpaired) electrons. The quantitative estimate of drug-likeness (QED) is 0.0973. The molecular formula is C33H40O21. The summed E-state index contributed by atoms with van der Waals surface area (Å²) >= 11 is 0. The van der Waals surface area contributed by atoms with Crippen LogP contribution in [-0.4, -0.2) is 164 Å². The molecule has 2 aromatic carbocycles. The van der Waals surface area contributed by atoms with Gasteiger partial charge < -0.3 is 99.2 Å². The monoisotopic (exact) mass is 772 g/mol. The van der Waals surface area contributed by atoms with Crippen LogP contribution in [0.5, 0.6) is 23.0 Å². The number of phenolic OH excluding ortho intramolecular Hbond substituents is 3. The fourth-order valence-electron chi connectivity index (χ4n) is 6.35. The molecule has 21 nitrogen and oxygen atoms in total. The number of ether oxygens (including phenoxy) is 6. The molecule has 6 rings (SSSR count). The van der Waals surface area contributed by atoms with Crippen LogP contribution in [0.2, 0.25) is 0 Å². The summed E-state index contributed by atoms with van der Waals surface area (Å²) in [6.07, 6.45) is -25.5. The average Bonchev–Trinajstić information content (AvgIpc) is 3.11. The molecule has 298 valence electrons. The van der Waals surface area contributed by atoms with Gasteiger partial charge in [-0.1, -0.05) is 0 Å². The molecule has 3 aromatic rings. The van der Waals surface area contributed by atoms with Gasteiger partial charge in [0.05, 0.1) is 18.8 Å². The molecule has 13 N–H and O–H groups in total. The lowest BCUT2D eigenvalue weighted by molar-refractivity contribution is -0.517. The third-order valence-corrected chi connectivity index (χ3v) is 9.44. The van der Waals surface area contributed by atoms with Gasteiger partial charge in [0, 0.05) is 17.7 Å². The molecule has 15 atom stereocenters. The molecule has 1 aromatic heterocycles. The van der Waals surface area contributed by atoms with E-state index in [1.807, 2.05) is 0 Å². The fraction of sp³-hybridized carbons (Fsp3) is 0.545. The van der Waals surface area contributed by atoms with Gasteiger partial charge in [0.25, 0.3) is 0 Å². The summed E-state index contributed by atoms with van der Waals surface area (Å²) in [6.45, 7) is 1.34. The normalized spacial score (nSPS) is 40.1. The van der Waals surface area contributed by atoms with E-state index in [-0.39, 0.29) is 22.7 Å². The molecule has 21 heteroatoms. The second kappa shape index (κ2) is 14.7. The van der Waals surface area contributed by atoms with Gasteiger partial charge in [-0.25, -0.2) is 0 Å². The van der Waals surface area contributed by atoms with Crippen molar-refractivity contribution in [3.05, 3.63) is 46.6 Å². The van der Waals surface area contributed by atoms with Crippen molar-refractivity contribution < 1.29 is 99.2 Å². The van der Waals surface area contributed by atoms with Gasteiger partial charge in [0.1, 0.15) is 77.0 Å². The van der Waals surface area contributed by atoms with Crippen molar-refractivity contribution >= 4 is 11.0 Å². The Morgan fingerprint density at radius 1 is 0.722 bits per heavy atom. The predicted molar refractivity (Wildman–Crippen MR) is 172 cm³/mol. The number of aromatic hydroxyl groups is 3. The highest BCUT2D eigenvalue weighted by Crippen LogP contribution is 2.40. The lowest BCUT2D eigenvalue weighted by atomic mass is 9.96. The Hall–Kier alpha value is -3.75. The lowest BCUT2D eigenvalue weighted by Gasteiger charge is -2.51. The van der Waals surface area contributed by atoms with E-state index < -0.39 is 126 Å². The minimum atomic E-state index is -3.26. The Labute approximate surface area is 303 Å². The molecule has 3 saturated heterocycles. The maximum absolute atomic E-state index is 13.8. The largest absolute Gasteiger partial charge is 0.508 e. The van der Waals surface area contributed by atoms with Crippen molar-refractivity contribution in [2.45, 2.75) is 105 Å². The van der Waals surface area contributed by atoms with Crippen molar-refractivity contribution in [3.63, 3.8) is 0 Å². The summed E-state index contributed by atoms with van der Waals surface area (Å²) in [7, 11) is 0. The van der Waals surface area contributed by atoms with Crippen molar-refractivity contribution in [3.8, 4) is 34.3 Å². The van der Waals surface area contributed by atoms with Crippen LogP contribution in [0.15, 0.2) is 45.6 Å². The third kappa shape index (κ3) is 7.09. The molecule has 3 fully saturated rings. The highest BCUT2D eigenvalue weighted by molar-refractivity contribution is 5.88. The van der Waals surface area contributed by atoms with E-state index >= 15 is 0 Å². The summed E-state index contributed by atoms with van der Waals surface area (Å²) < 4.78 is 38.4. The van der Waals surface area contributed by atoms with Gasteiger partial charge in [0.2, 0.25) is 17.5 Å². The van der Waals surface area contributed by atoms with Crippen LogP contribution in [0, 0.1) is 0 Å². The first kappa shape index (κ1) is 39.9. The van der Waals surface area contributed by atoms with E-state index in [2.05, 4.69) is 0 Å². The minimum Gasteiger partial charge on any atom is -0.508 e. The van der Waals surface area contributed by atoms with E-state index in [1.165, 1.54) is 38.1 Å². The van der Waals surface area contributed by atoms with Crippen LogP contribution < -0.4 is 10.2 Å². The standard InChI is InChI=1S/C33H40O21/c1-10-19(37)24(42)29(45)32(46,52-10)54-30-25(43)20(38)11(2)53-33(30,47)48-9-17-21(39)23(41)26(44)31(50-17)51-28-22(40)18-15(36)7-14(35)8-16(18)49-27(28)12-3-5-13(34)6-4-12/h3-8,10-11,17,19-21,23-26,29-31,34-39,41-47H,9H2,1-2H3/t10-,11-,17+,19-,20-,21-,23-,24+,25+,26+,29+,30+,31-,32+,33-/m0/s1. The number of aliphatic hydroxyl groups is 10. The summed E-state index contributed by atoms with van der Waals surface area (Å²) in [5, 5.41) is 137. The van der Waals surface area contributed by atoms with Crippen molar-refractivity contribution in [1.82, 2.24) is 0 Å². The van der Waals surface area contributed by atoms with Gasteiger partial charge in [-0.2, -0.15) is 0 Å². The second-order valence-corrected chi connectivity index (χ2v) is 13.3. The van der Waals surface area contributed by atoms with Crippen LogP contribution in [0.4, 0.5) is 0 Å². The lowest BCUT2D eigenvalue weighted by Crippen LogP contribution is -2.72. The van der Waals surface area contributed by atoms with E-state index in [0.717, 1.165) is 12.1 Å². The average molecular weight is 773 g/mol. The summed E-state index contributed by atoms with van der Waals surface area (Å²) in [5.74, 6) is -8.89. The molecule has 3 aliphatic heterocycles. The Bertz CT molecular complexity index is 1870. The number of rotatable bonds is 8. The summed E-state index contributed by atoms with van der Waals surface area (Å²) in [6, 6.07) is 6.98. The first-order chi connectivity index (χ1) is 25.3. The molecule has 0 unspecified atom stereocenters. The van der Waals surface area contributed by atoms with Gasteiger partial charge in [0.15, 0.2) is 18.0 Å². The van der Waals surface area contributed by atoms with Crippen LogP contribution in [0.3, 0.4) is 0 Å². The van der Waals surface area contributed by atoms with Crippen molar-refractivity contribution in [2.75, 3.05) is 6.61 Å². The van der Waals surface area contributed by atoms with Crippen molar-refractivity contribution in [1.29, 1.82) is 0 Å². The number of aliphatic hydroxyl groups excluding tert-OH is 8. The Balaban J connectivity index is 1.29. The number of fused-ring (bicyclic) bond motifs is 1. The van der Waals surface area contributed by atoms with E-state index in [4.69, 9.17) is 32.8 Å². The molecule has 0 saturated carbocycles. The number of hydrogen-bond donors (Lipinski definition) is 13. The summed E-state index contributed by atoms with van der Waals surface area (Å²) in [5.41, 5.74) is -1.24. The minimum absolute atomic E-state index is 0.109. The predicted octanol–water partition coefficient (Wildman–Crippen LogP) is -3.90. The topological polar surface area (TPSA) is 349 Å². The molecule has 3 aliphatic rings. The molecular weight excluding hydrogens is 732 g/mol. The Morgan fingerprint density at radius 2 is 1.33 bits per heavy atom. The molecule has 0 bridgehead atoms. The number of hydrogen-bond acceptors (Lipinski definition) is 21. The SMILES string of the molecule is C[C@@H]1O[C@@](O)(O[C@@H]2[C@H](O)[C@@H](O)[C@H](C)O[C@@]2(O)OC[C@H]2O[C@@H](Oc3c(-c4ccc(O)cc4)oc4cc(O)cc(O)c4c3=O)[C@H](O)[C@@H](O)[C@H]2O)[C@H](O)[C@H](O)[C@H]1O. The first-order valence-electron chi connectivity index (χ1n) is 16.5. The van der Waals surface area contributed by atoms with E-state index in [9.17, 15) is 71.2 Å². The van der Waals surface area contributed by atoms with E-state index in [1.54, 1.807) is 0 Å². The fourth-order valence-corrected chi connectivity index (χ4v) is 6.35. The molecule has 54 heavy (non-hydrogen) atoms. The smallest absolute Gasteiger partial charge is 0.311 e. The number of phenols is 3. The van der Waals surface area contributed by atoms with Crippen LogP contribution >= 0.6 is 0 Å². The zero-order chi connectivity index (χ0) is 39.6. The molecule has 4 heterocycles. The zero-order valence-corrected chi connectivity index (χ0v) is 28.3. The third-order valence-electron chi connectivity index (χ3n) is 9.44. The van der Waals surface area contributed by atoms with Crippen LogP contribution in [0.1, 0.15) is 13.8 Å². The second-order valence-electron chi connectivity index (χ2n) is 13.3. The number of benzene rings is 2. The van der Waals surface area contributed by atoms with Gasteiger partial charge in [-0.05, 0) is 38.1 Å². The van der Waals surface area contributed by atoms with Crippen molar-refractivity contribution in [2.24, 2.45) is 0 Å². The van der Waals surface area contributed by atoms with Crippen LogP contribution in [0.25, 0.3) is 22.3 Å². The molecule has 0 amide bonds. The van der Waals surface area contributed by atoms with Gasteiger partial charge >= 0.3 is 11.9 Å². The Kier molecular flexibility index (Phi) is 10.9. The highest BCUT2D eigenvalue weighted by Gasteiger charge is 2.62. The van der Waals surface area contributed by atoms with Gasteiger partial charge in [-0.15, -0.1) is 0 Å². The molecule has 0 spiro atoms. The van der Waals surface area contributed by atoms with E-state index in [0.29, 0.717) is 0 Å². The maximum Gasteiger partial charge on any atom is 0.311 e. The maximum atomic E-state index is 13.8. The first-order valence-corrected chi connectivity index (χ1v) is 16.5. The van der Waals surface area contributed by atoms with Gasteiger partial charge in [-0.3, -0.25) is 4.79 Å². The highest BCUT2D eigenvalue weighted by atomic mass is 16.9. The molecule has 0 aliphatic carbocycles. The summed E-state index contributed by atoms with van der Waals surface area (Å²) in [4.78, 5) is 13.8. The van der Waals surface area contributed by atoms with Crippen LogP contribution in [-0.2, 0) is 23.7 Å².